The molecule has 0 saturated heterocycles. The molecule has 1 aliphatic heterocycles. The maximum absolute atomic E-state index is 13.2. The molecular formula is C19H18N6O3. The predicted octanol–water partition coefficient (Wildman–Crippen LogP) is 2.31. The summed E-state index contributed by atoms with van der Waals surface area (Å²) < 4.78 is 6.83. The normalized spacial score (nSPS) is 15.6. The van der Waals surface area contributed by atoms with Crippen LogP contribution < -0.4 is 15.4 Å². The van der Waals surface area contributed by atoms with Gasteiger partial charge in [-0.2, -0.15) is 4.68 Å². The predicted molar refractivity (Wildman–Crippen MR) is 102 cm³/mol. The Hall–Kier alpha value is -3.88. The highest BCUT2D eigenvalue weighted by atomic mass is 16.5. The number of nitrogens with one attached hydrogen (secondary N) is 2. The van der Waals surface area contributed by atoms with Gasteiger partial charge in [-0.25, -0.2) is 0 Å². The van der Waals surface area contributed by atoms with Gasteiger partial charge in [-0.15, -0.1) is 0 Å². The van der Waals surface area contributed by atoms with Crippen molar-refractivity contribution in [3.63, 3.8) is 0 Å². The number of para-hydroxylation sites is 2. The lowest BCUT2D eigenvalue weighted by atomic mass is 9.95. The van der Waals surface area contributed by atoms with E-state index in [2.05, 4.69) is 26.2 Å². The molecule has 2 heterocycles. The molecule has 3 N–H and O–H groups in total. The van der Waals surface area contributed by atoms with Gasteiger partial charge in [0.2, 0.25) is 5.95 Å². The zero-order chi connectivity index (χ0) is 19.7. The smallest absolute Gasteiger partial charge is 0.255 e. The van der Waals surface area contributed by atoms with E-state index in [0.717, 1.165) is 0 Å². The second kappa shape index (κ2) is 7.03. The van der Waals surface area contributed by atoms with Gasteiger partial charge in [-0.05, 0) is 47.2 Å². The Bertz CT molecular complexity index is 1070. The highest BCUT2D eigenvalue weighted by Gasteiger charge is 2.34. The molecule has 142 valence electrons. The molecule has 1 amide bonds. The number of ether oxygens (including phenoxy) is 1. The van der Waals surface area contributed by atoms with Crippen LogP contribution in [0.15, 0.2) is 59.8 Å². The molecule has 2 aromatic carbocycles. The lowest BCUT2D eigenvalue weighted by Gasteiger charge is -2.28. The topological polar surface area (TPSA) is 114 Å². The maximum atomic E-state index is 13.2. The second-order valence-electron chi connectivity index (χ2n) is 6.26. The van der Waals surface area contributed by atoms with Gasteiger partial charge in [-0.1, -0.05) is 29.4 Å². The number of benzene rings is 2. The fraction of sp³-hybridized carbons (Fsp3) is 0.158. The van der Waals surface area contributed by atoms with Gasteiger partial charge >= 0.3 is 0 Å². The van der Waals surface area contributed by atoms with Gasteiger partial charge in [0.05, 0.1) is 18.4 Å². The number of phenolic OH excluding ortho intramolecular Hbond substituents is 1. The first-order valence-corrected chi connectivity index (χ1v) is 8.57. The van der Waals surface area contributed by atoms with E-state index in [-0.39, 0.29) is 11.7 Å². The number of methoxy groups -OCH3 is 1. The Balaban J connectivity index is 1.77. The Morgan fingerprint density at radius 2 is 2.07 bits per heavy atom. The van der Waals surface area contributed by atoms with Crippen LogP contribution >= 0.6 is 0 Å². The lowest BCUT2D eigenvalue weighted by molar-refractivity contribution is -0.113. The van der Waals surface area contributed by atoms with Crippen molar-refractivity contribution in [3.05, 3.63) is 65.4 Å². The number of nitrogens with zero attached hydrogens (tertiary/aromatic N) is 4. The molecule has 9 heteroatoms. The third-order valence-electron chi connectivity index (χ3n) is 4.50. The van der Waals surface area contributed by atoms with Crippen LogP contribution in [0.2, 0.25) is 0 Å². The summed E-state index contributed by atoms with van der Waals surface area (Å²) in [4.78, 5) is 13.2. The highest BCUT2D eigenvalue weighted by molar-refractivity contribution is 6.06. The molecule has 1 unspecified atom stereocenters. The average molecular weight is 378 g/mol. The second-order valence-corrected chi connectivity index (χ2v) is 6.26. The molecule has 9 nitrogen and oxygen atoms in total. The molecule has 0 aliphatic carbocycles. The summed E-state index contributed by atoms with van der Waals surface area (Å²) in [5.74, 6) is 0.728. The number of anilines is 2. The van der Waals surface area contributed by atoms with E-state index >= 15 is 0 Å². The minimum absolute atomic E-state index is 0.0906. The number of carbonyl (C=O) groups excluding carboxylic acids is 1. The Morgan fingerprint density at radius 1 is 1.25 bits per heavy atom. The molecular weight excluding hydrogens is 360 g/mol. The van der Waals surface area contributed by atoms with Crippen LogP contribution in [-0.4, -0.2) is 38.3 Å². The number of allylic oxidation sites excluding steroid dienone is 1. The minimum atomic E-state index is -0.604. The number of carbonyl (C=O) groups is 1. The molecule has 0 spiro atoms. The molecule has 4 rings (SSSR count). The van der Waals surface area contributed by atoms with Crippen LogP contribution in [0, 0.1) is 0 Å². The number of hydrogen-bond acceptors (Lipinski definition) is 7. The summed E-state index contributed by atoms with van der Waals surface area (Å²) in [6.07, 6.45) is 0. The zero-order valence-electron chi connectivity index (χ0n) is 15.2. The number of hydrogen-bond donors (Lipinski definition) is 3. The Labute approximate surface area is 160 Å². The third-order valence-corrected chi connectivity index (χ3v) is 4.50. The van der Waals surface area contributed by atoms with Crippen molar-refractivity contribution in [2.24, 2.45) is 0 Å². The Morgan fingerprint density at radius 3 is 2.86 bits per heavy atom. The van der Waals surface area contributed by atoms with Crippen molar-refractivity contribution in [2.75, 3.05) is 17.7 Å². The van der Waals surface area contributed by atoms with Crippen LogP contribution in [0.25, 0.3) is 0 Å². The van der Waals surface area contributed by atoms with Gasteiger partial charge in [0.1, 0.15) is 17.5 Å². The van der Waals surface area contributed by atoms with Crippen LogP contribution in [-0.2, 0) is 4.79 Å². The van der Waals surface area contributed by atoms with E-state index in [0.29, 0.717) is 34.2 Å². The molecule has 28 heavy (non-hydrogen) atoms. The van der Waals surface area contributed by atoms with E-state index in [1.165, 1.54) is 4.68 Å². The van der Waals surface area contributed by atoms with Crippen LogP contribution in [0.1, 0.15) is 18.5 Å². The van der Waals surface area contributed by atoms with Crippen LogP contribution in [0.3, 0.4) is 0 Å². The number of aromatic nitrogens is 4. The van der Waals surface area contributed by atoms with E-state index in [4.69, 9.17) is 4.74 Å². The molecule has 0 bridgehead atoms. The monoisotopic (exact) mass is 378 g/mol. The van der Waals surface area contributed by atoms with Crippen molar-refractivity contribution in [1.82, 2.24) is 20.2 Å². The fourth-order valence-corrected chi connectivity index (χ4v) is 3.25. The molecule has 1 aromatic heterocycles. The van der Waals surface area contributed by atoms with Crippen molar-refractivity contribution < 1.29 is 14.6 Å². The maximum Gasteiger partial charge on any atom is 0.255 e. The standard InChI is InChI=1S/C19H18N6O3/c1-11-16(18(27)21-14-8-3-4-9-15(14)28-2)17(12-6-5-7-13(26)10-12)25-19(20-11)22-23-24-25/h3-10,17,26H,1-2H3,(H,21,27)(H,20,22,24). The summed E-state index contributed by atoms with van der Waals surface area (Å²) in [6.45, 7) is 1.78. The summed E-state index contributed by atoms with van der Waals surface area (Å²) >= 11 is 0. The fourth-order valence-electron chi connectivity index (χ4n) is 3.25. The number of fused-ring (bicyclic) bond motifs is 1. The molecule has 3 aromatic rings. The van der Waals surface area contributed by atoms with Crippen molar-refractivity contribution in [3.8, 4) is 11.5 Å². The zero-order valence-corrected chi connectivity index (χ0v) is 15.2. The van der Waals surface area contributed by atoms with Gasteiger partial charge in [-0.3, -0.25) is 4.79 Å². The van der Waals surface area contributed by atoms with Gasteiger partial charge in [0.25, 0.3) is 5.91 Å². The highest BCUT2D eigenvalue weighted by Crippen LogP contribution is 2.36. The lowest BCUT2D eigenvalue weighted by Crippen LogP contribution is -2.31. The van der Waals surface area contributed by atoms with E-state index in [1.54, 1.807) is 44.4 Å². The molecule has 1 atom stereocenters. The van der Waals surface area contributed by atoms with Crippen LogP contribution in [0.5, 0.6) is 11.5 Å². The van der Waals surface area contributed by atoms with Crippen molar-refractivity contribution in [1.29, 1.82) is 0 Å². The first-order valence-electron chi connectivity index (χ1n) is 8.57. The SMILES string of the molecule is COc1ccccc1NC(=O)C1=C(C)Nc2nnnn2C1c1cccc(O)c1. The van der Waals surface area contributed by atoms with E-state index in [1.807, 2.05) is 18.2 Å². The molecule has 1 aliphatic rings. The molecule has 0 radical (unpaired) electrons. The van der Waals surface area contributed by atoms with Gasteiger partial charge < -0.3 is 20.5 Å². The molecule has 0 saturated carbocycles. The van der Waals surface area contributed by atoms with E-state index in [9.17, 15) is 9.90 Å². The summed E-state index contributed by atoms with van der Waals surface area (Å²) in [5, 5.41) is 27.5. The average Bonchev–Trinajstić information content (AvgIpc) is 3.15. The van der Waals surface area contributed by atoms with Gasteiger partial charge in [0, 0.05) is 5.70 Å². The summed E-state index contributed by atoms with van der Waals surface area (Å²) in [7, 11) is 1.54. The van der Waals surface area contributed by atoms with Crippen LogP contribution in [0.4, 0.5) is 11.6 Å². The molecule has 0 fully saturated rings. The Kier molecular flexibility index (Phi) is 4.40. The largest absolute Gasteiger partial charge is 0.508 e. The summed E-state index contributed by atoms with van der Waals surface area (Å²) in [5.41, 5.74) is 2.27. The quantitative estimate of drug-likeness (QED) is 0.638. The number of rotatable bonds is 4. The van der Waals surface area contributed by atoms with Crippen molar-refractivity contribution in [2.45, 2.75) is 13.0 Å². The number of tetrazole rings is 1. The van der Waals surface area contributed by atoms with Crippen molar-refractivity contribution >= 4 is 17.5 Å². The van der Waals surface area contributed by atoms with Gasteiger partial charge in [0.15, 0.2) is 0 Å². The van der Waals surface area contributed by atoms with E-state index < -0.39 is 6.04 Å². The minimum Gasteiger partial charge on any atom is -0.508 e. The first kappa shape index (κ1) is 17.5. The first-order chi connectivity index (χ1) is 13.6. The number of aromatic hydroxyl groups is 1. The number of phenols is 1. The summed E-state index contributed by atoms with van der Waals surface area (Å²) in [6, 6.07) is 13.2. The third kappa shape index (κ3) is 3.02. The number of amides is 1.